The zero-order valence-corrected chi connectivity index (χ0v) is 16.9. The summed E-state index contributed by atoms with van der Waals surface area (Å²) in [5, 5.41) is 2.84. The molecule has 0 saturated carbocycles. The van der Waals surface area contributed by atoms with Crippen LogP contribution in [-0.2, 0) is 15.1 Å². The second-order valence-corrected chi connectivity index (χ2v) is 7.52. The quantitative estimate of drug-likeness (QED) is 0.730. The van der Waals surface area contributed by atoms with Crippen LogP contribution in [0.25, 0.3) is 0 Å². The molecule has 4 amide bonds. The molecule has 1 saturated heterocycles. The highest BCUT2D eigenvalue weighted by Gasteiger charge is 2.55. The number of nitrogens with one attached hydrogen (secondary N) is 1. The highest BCUT2D eigenvalue weighted by molar-refractivity contribution is 6.09. The highest BCUT2D eigenvalue weighted by atomic mass is 16.5. The van der Waals surface area contributed by atoms with Crippen LogP contribution in [0.5, 0.6) is 5.75 Å². The molecule has 7 nitrogen and oxygen atoms in total. The molecule has 0 radical (unpaired) electrons. The number of nitrogens with zero attached hydrogens (tertiary/aromatic N) is 2. The molecular weight excluding hydrogens is 358 g/mol. The Kier molecular flexibility index (Phi) is 5.91. The number of carbonyl (C=O) groups is 3. The predicted octanol–water partition coefficient (Wildman–Crippen LogP) is 2.64. The van der Waals surface area contributed by atoms with Crippen molar-refractivity contribution in [3.05, 3.63) is 29.8 Å². The van der Waals surface area contributed by atoms with E-state index in [1.807, 2.05) is 26.0 Å². The number of amides is 4. The Balaban J connectivity index is 1.82. The van der Waals surface area contributed by atoms with Crippen LogP contribution < -0.4 is 10.1 Å². The first-order chi connectivity index (χ1) is 13.4. The predicted molar refractivity (Wildman–Crippen MR) is 105 cm³/mol. The molecule has 0 aromatic heterocycles. The van der Waals surface area contributed by atoms with E-state index >= 15 is 0 Å². The number of unbranched alkanes of at least 4 members (excludes halogenated alkanes) is 1. The zero-order valence-electron chi connectivity index (χ0n) is 16.9. The average molecular weight is 387 g/mol. The molecular formula is C21H29N3O4. The molecule has 0 aliphatic carbocycles. The number of rotatable bonds is 7. The van der Waals surface area contributed by atoms with Gasteiger partial charge in [0, 0.05) is 24.6 Å². The number of urea groups is 1. The number of carbonyl (C=O) groups excluding carboxylic acids is 3. The largest absolute Gasteiger partial charge is 0.493 e. The second-order valence-electron chi connectivity index (χ2n) is 7.52. The minimum absolute atomic E-state index is 0.0672. The number of hydrogen-bond donors (Lipinski definition) is 1. The molecule has 2 aliphatic rings. The van der Waals surface area contributed by atoms with Crippen molar-refractivity contribution in [2.75, 3.05) is 19.7 Å². The Morgan fingerprint density at radius 1 is 1.32 bits per heavy atom. The van der Waals surface area contributed by atoms with Crippen LogP contribution in [0.4, 0.5) is 4.79 Å². The van der Waals surface area contributed by atoms with Crippen molar-refractivity contribution in [3.8, 4) is 5.75 Å². The molecule has 1 aromatic carbocycles. The maximum Gasteiger partial charge on any atom is 0.325 e. The van der Waals surface area contributed by atoms with E-state index in [0.717, 1.165) is 24.2 Å². The Morgan fingerprint density at radius 2 is 2.07 bits per heavy atom. The molecule has 1 aromatic rings. The van der Waals surface area contributed by atoms with Gasteiger partial charge in [0.15, 0.2) is 5.54 Å². The number of benzene rings is 1. The maximum atomic E-state index is 13.3. The monoisotopic (exact) mass is 387 g/mol. The van der Waals surface area contributed by atoms with Gasteiger partial charge in [-0.25, -0.2) is 4.79 Å². The van der Waals surface area contributed by atoms with Crippen LogP contribution in [0.2, 0.25) is 0 Å². The first-order valence-electron chi connectivity index (χ1n) is 10.1. The summed E-state index contributed by atoms with van der Waals surface area (Å²) in [4.78, 5) is 41.7. The van der Waals surface area contributed by atoms with Crippen molar-refractivity contribution in [2.45, 2.75) is 58.0 Å². The zero-order chi connectivity index (χ0) is 20.3. The van der Waals surface area contributed by atoms with Crippen LogP contribution in [0.3, 0.4) is 0 Å². The van der Waals surface area contributed by atoms with E-state index in [4.69, 9.17) is 4.74 Å². The normalized spacial score (nSPS) is 21.9. The van der Waals surface area contributed by atoms with Gasteiger partial charge >= 0.3 is 6.03 Å². The standard InChI is InChI=1S/C21H29N3O4/c1-4-6-12-23(15(3)5-2)18(25)14-24-19(26)21(22-20(24)27)11-13-28-17-10-8-7-9-16(17)21/h7-10,15H,4-6,11-14H2,1-3H3,(H,22,27)/t15-,21+/m0/s1. The SMILES string of the molecule is CCCCN(C(=O)CN1C(=O)N[C@@]2(CCOc3ccccc32)C1=O)[C@@H](C)CC. The summed E-state index contributed by atoms with van der Waals surface area (Å²) < 4.78 is 5.64. The van der Waals surface area contributed by atoms with Gasteiger partial charge in [-0.2, -0.15) is 0 Å². The van der Waals surface area contributed by atoms with Crippen LogP contribution in [0.15, 0.2) is 24.3 Å². The molecule has 0 unspecified atom stereocenters. The lowest BCUT2D eigenvalue weighted by Gasteiger charge is -2.33. The summed E-state index contributed by atoms with van der Waals surface area (Å²) in [7, 11) is 0. The van der Waals surface area contributed by atoms with Crippen LogP contribution >= 0.6 is 0 Å². The average Bonchev–Trinajstić information content (AvgIpc) is 2.93. The summed E-state index contributed by atoms with van der Waals surface area (Å²) in [6.07, 6.45) is 3.04. The highest BCUT2D eigenvalue weighted by Crippen LogP contribution is 2.40. The fraction of sp³-hybridized carbons (Fsp3) is 0.571. The molecule has 2 atom stereocenters. The summed E-state index contributed by atoms with van der Waals surface area (Å²) >= 11 is 0. The fourth-order valence-corrected chi connectivity index (χ4v) is 3.88. The minimum atomic E-state index is -1.14. The number of hydrogen-bond acceptors (Lipinski definition) is 4. The lowest BCUT2D eigenvalue weighted by atomic mass is 9.84. The summed E-state index contributed by atoms with van der Waals surface area (Å²) in [6, 6.07) is 6.78. The molecule has 1 spiro atoms. The van der Waals surface area contributed by atoms with E-state index in [1.54, 1.807) is 17.0 Å². The molecule has 28 heavy (non-hydrogen) atoms. The van der Waals surface area contributed by atoms with E-state index in [9.17, 15) is 14.4 Å². The summed E-state index contributed by atoms with van der Waals surface area (Å²) in [6.45, 7) is 6.83. The lowest BCUT2D eigenvalue weighted by molar-refractivity contribution is -0.140. The lowest BCUT2D eigenvalue weighted by Crippen LogP contribution is -2.49. The number of ether oxygens (including phenoxy) is 1. The van der Waals surface area contributed by atoms with Crippen molar-refractivity contribution < 1.29 is 19.1 Å². The Labute approximate surface area is 166 Å². The second kappa shape index (κ2) is 8.20. The van der Waals surface area contributed by atoms with Gasteiger partial charge in [-0.3, -0.25) is 14.5 Å². The van der Waals surface area contributed by atoms with Gasteiger partial charge in [-0.15, -0.1) is 0 Å². The topological polar surface area (TPSA) is 79.0 Å². The first-order valence-corrected chi connectivity index (χ1v) is 10.1. The van der Waals surface area contributed by atoms with Gasteiger partial charge in [0.05, 0.1) is 6.61 Å². The van der Waals surface area contributed by atoms with E-state index < -0.39 is 11.6 Å². The molecule has 152 valence electrons. The molecule has 7 heteroatoms. The van der Waals surface area contributed by atoms with E-state index in [-0.39, 0.29) is 24.4 Å². The van der Waals surface area contributed by atoms with Crippen molar-refractivity contribution in [2.24, 2.45) is 0 Å². The van der Waals surface area contributed by atoms with Gasteiger partial charge in [0.2, 0.25) is 5.91 Å². The van der Waals surface area contributed by atoms with Crippen LogP contribution in [0.1, 0.15) is 52.0 Å². The number of imide groups is 1. The fourth-order valence-electron chi connectivity index (χ4n) is 3.88. The number of para-hydroxylation sites is 1. The van der Waals surface area contributed by atoms with Gasteiger partial charge in [0.1, 0.15) is 12.3 Å². The van der Waals surface area contributed by atoms with Gasteiger partial charge < -0.3 is 15.0 Å². The summed E-state index contributed by atoms with van der Waals surface area (Å²) in [5.74, 6) is 0.0321. The van der Waals surface area contributed by atoms with E-state index in [2.05, 4.69) is 12.2 Å². The van der Waals surface area contributed by atoms with Crippen molar-refractivity contribution >= 4 is 17.8 Å². The Bertz CT molecular complexity index is 766. The molecule has 2 heterocycles. The van der Waals surface area contributed by atoms with Crippen molar-refractivity contribution in [1.82, 2.24) is 15.1 Å². The first kappa shape index (κ1) is 20.2. The van der Waals surface area contributed by atoms with E-state index in [0.29, 0.717) is 30.9 Å². The number of fused-ring (bicyclic) bond motifs is 2. The third kappa shape index (κ3) is 3.45. The molecule has 1 N–H and O–H groups in total. The smallest absolute Gasteiger partial charge is 0.325 e. The molecule has 0 bridgehead atoms. The molecule has 2 aliphatic heterocycles. The van der Waals surface area contributed by atoms with Crippen LogP contribution in [-0.4, -0.2) is 53.4 Å². The minimum Gasteiger partial charge on any atom is -0.493 e. The summed E-state index contributed by atoms with van der Waals surface area (Å²) in [5.41, 5.74) is -0.490. The third-order valence-electron chi connectivity index (χ3n) is 5.75. The van der Waals surface area contributed by atoms with E-state index in [1.165, 1.54) is 0 Å². The van der Waals surface area contributed by atoms with Gasteiger partial charge in [-0.1, -0.05) is 38.5 Å². The third-order valence-corrected chi connectivity index (χ3v) is 5.75. The van der Waals surface area contributed by atoms with Gasteiger partial charge in [-0.05, 0) is 25.8 Å². The maximum absolute atomic E-state index is 13.3. The Morgan fingerprint density at radius 3 is 2.79 bits per heavy atom. The van der Waals surface area contributed by atoms with Crippen molar-refractivity contribution in [3.63, 3.8) is 0 Å². The van der Waals surface area contributed by atoms with Crippen molar-refractivity contribution in [1.29, 1.82) is 0 Å². The Hall–Kier alpha value is -2.57. The molecule has 3 rings (SSSR count). The van der Waals surface area contributed by atoms with Gasteiger partial charge in [0.25, 0.3) is 5.91 Å². The van der Waals surface area contributed by atoms with Crippen LogP contribution in [0, 0.1) is 0 Å². The molecule has 1 fully saturated rings.